The predicted molar refractivity (Wildman–Crippen MR) is 132 cm³/mol. The Labute approximate surface area is 210 Å². The van der Waals surface area contributed by atoms with Crippen molar-refractivity contribution in [1.82, 2.24) is 4.90 Å². The Balaban J connectivity index is 1.53. The van der Waals surface area contributed by atoms with Gasteiger partial charge in [0.25, 0.3) is 11.7 Å². The Kier molecular flexibility index (Phi) is 7.13. The van der Waals surface area contributed by atoms with Crippen molar-refractivity contribution in [3.05, 3.63) is 59.2 Å². The van der Waals surface area contributed by atoms with Crippen LogP contribution in [0.1, 0.15) is 49.8 Å². The molecule has 2 fully saturated rings. The van der Waals surface area contributed by atoms with E-state index < -0.39 is 17.7 Å². The largest absolute Gasteiger partial charge is 0.507 e. The number of ketones is 1. The molecule has 0 saturated carbocycles. The maximum absolute atomic E-state index is 13.3. The fraction of sp³-hybridized carbons (Fsp3) is 0.429. The van der Waals surface area contributed by atoms with Crippen molar-refractivity contribution in [3.63, 3.8) is 0 Å². The quantitative estimate of drug-likeness (QED) is 0.254. The number of hydrogen-bond acceptors (Lipinski definition) is 7. The predicted octanol–water partition coefficient (Wildman–Crippen LogP) is 4.24. The lowest BCUT2D eigenvalue weighted by Gasteiger charge is -2.27. The number of carbonyl (C=O) groups is 2. The molecule has 1 amide bonds. The molecule has 8 nitrogen and oxygen atoms in total. The van der Waals surface area contributed by atoms with Crippen LogP contribution < -0.4 is 14.2 Å². The first-order chi connectivity index (χ1) is 17.6. The second-order valence-electron chi connectivity index (χ2n) is 9.22. The summed E-state index contributed by atoms with van der Waals surface area (Å²) in [4.78, 5) is 28.0. The van der Waals surface area contributed by atoms with Crippen LogP contribution in [0.5, 0.6) is 17.2 Å². The van der Waals surface area contributed by atoms with Crippen LogP contribution in [0.15, 0.2) is 48.0 Å². The number of nitrogens with zero attached hydrogens (tertiary/aromatic N) is 1. The number of benzene rings is 2. The number of hydrogen-bond donors (Lipinski definition) is 1. The van der Waals surface area contributed by atoms with Crippen LogP contribution >= 0.6 is 0 Å². The number of likely N-dealkylation sites (tertiary alicyclic amines) is 1. The Morgan fingerprint density at radius 2 is 1.83 bits per heavy atom. The third-order valence-corrected chi connectivity index (χ3v) is 6.74. The maximum Gasteiger partial charge on any atom is 0.295 e. The van der Waals surface area contributed by atoms with Gasteiger partial charge < -0.3 is 29.0 Å². The molecule has 190 valence electrons. The normalized spacial score (nSPS) is 22.8. The minimum absolute atomic E-state index is 0.0503. The molecule has 0 bridgehead atoms. The van der Waals surface area contributed by atoms with E-state index in [9.17, 15) is 14.7 Å². The maximum atomic E-state index is 13.3. The summed E-state index contributed by atoms with van der Waals surface area (Å²) < 4.78 is 22.8. The summed E-state index contributed by atoms with van der Waals surface area (Å²) >= 11 is 0. The molecule has 1 N–H and O–H groups in total. The molecular formula is C28H31NO7. The zero-order valence-electron chi connectivity index (χ0n) is 20.4. The van der Waals surface area contributed by atoms with E-state index >= 15 is 0 Å². The fourth-order valence-corrected chi connectivity index (χ4v) is 4.85. The van der Waals surface area contributed by atoms with Gasteiger partial charge in [-0.1, -0.05) is 25.5 Å². The number of amides is 1. The van der Waals surface area contributed by atoms with Crippen LogP contribution in [-0.4, -0.2) is 60.8 Å². The summed E-state index contributed by atoms with van der Waals surface area (Å²) in [5.74, 6) is 0.186. The third kappa shape index (κ3) is 4.78. The van der Waals surface area contributed by atoms with E-state index in [4.69, 9.17) is 18.9 Å². The standard InChI is InChI=1S/C28H31NO7/c1-2-3-12-33-20-9-6-18(7-10-20)25-24(27(31)28(32)29(25)17-21-5-4-13-34-21)26(30)19-8-11-22-23(16-19)36-15-14-35-22/h6-11,16,21,25,30H,2-5,12-15,17H2,1H3/b26-24+. The monoisotopic (exact) mass is 493 g/mol. The van der Waals surface area contributed by atoms with Gasteiger partial charge in [-0.05, 0) is 55.2 Å². The van der Waals surface area contributed by atoms with Gasteiger partial charge in [-0.25, -0.2) is 0 Å². The van der Waals surface area contributed by atoms with Gasteiger partial charge in [0.1, 0.15) is 24.7 Å². The Bertz CT molecular complexity index is 1150. The van der Waals surface area contributed by atoms with Crippen molar-refractivity contribution in [2.75, 3.05) is 33.0 Å². The molecule has 3 aliphatic heterocycles. The topological polar surface area (TPSA) is 94.5 Å². The van der Waals surface area contributed by atoms with E-state index in [-0.39, 0.29) is 24.0 Å². The molecule has 3 heterocycles. The van der Waals surface area contributed by atoms with Crippen LogP contribution in [0.3, 0.4) is 0 Å². The van der Waals surface area contributed by atoms with Gasteiger partial charge >= 0.3 is 0 Å². The molecule has 2 unspecified atom stereocenters. The summed E-state index contributed by atoms with van der Waals surface area (Å²) in [5.41, 5.74) is 1.15. The molecule has 8 heteroatoms. The second kappa shape index (κ2) is 10.6. The minimum atomic E-state index is -0.743. The average molecular weight is 494 g/mol. The van der Waals surface area contributed by atoms with Crippen molar-refractivity contribution in [2.24, 2.45) is 0 Å². The zero-order chi connectivity index (χ0) is 25.1. The van der Waals surface area contributed by atoms with E-state index in [1.165, 1.54) is 4.90 Å². The van der Waals surface area contributed by atoms with Gasteiger partial charge in [0.05, 0.1) is 24.3 Å². The van der Waals surface area contributed by atoms with E-state index in [1.807, 2.05) is 24.3 Å². The molecule has 36 heavy (non-hydrogen) atoms. The fourth-order valence-electron chi connectivity index (χ4n) is 4.85. The lowest BCUT2D eigenvalue weighted by atomic mass is 9.95. The molecule has 2 atom stereocenters. The SMILES string of the molecule is CCCCOc1ccc(C2/C(=C(\O)c3ccc4c(c3)OCCO4)C(=O)C(=O)N2CC2CCCO2)cc1. The number of aliphatic hydroxyl groups excluding tert-OH is 1. The summed E-state index contributed by atoms with van der Waals surface area (Å²) in [6.07, 6.45) is 3.59. The first-order valence-corrected chi connectivity index (χ1v) is 12.6. The molecule has 3 aliphatic rings. The molecule has 0 aromatic heterocycles. The van der Waals surface area contributed by atoms with Crippen LogP contribution in [0, 0.1) is 0 Å². The van der Waals surface area contributed by atoms with Crippen LogP contribution in [0.25, 0.3) is 5.76 Å². The zero-order valence-corrected chi connectivity index (χ0v) is 20.4. The Morgan fingerprint density at radius 1 is 1.06 bits per heavy atom. The van der Waals surface area contributed by atoms with Gasteiger partial charge in [-0.15, -0.1) is 0 Å². The van der Waals surface area contributed by atoms with Crippen molar-refractivity contribution in [1.29, 1.82) is 0 Å². The van der Waals surface area contributed by atoms with Gasteiger partial charge in [-0.3, -0.25) is 9.59 Å². The second-order valence-corrected chi connectivity index (χ2v) is 9.22. The number of Topliss-reactive ketones (excluding diaryl/α,β-unsaturated/α-hetero) is 1. The Hall–Kier alpha value is -3.52. The number of ether oxygens (including phenoxy) is 4. The molecule has 2 aromatic rings. The summed E-state index contributed by atoms with van der Waals surface area (Å²) in [7, 11) is 0. The van der Waals surface area contributed by atoms with Crippen LogP contribution in [-0.2, 0) is 14.3 Å². The van der Waals surface area contributed by atoms with Gasteiger partial charge in [0.2, 0.25) is 0 Å². The summed E-state index contributed by atoms with van der Waals surface area (Å²) in [6, 6.07) is 11.6. The first-order valence-electron chi connectivity index (χ1n) is 12.6. The smallest absolute Gasteiger partial charge is 0.295 e. The lowest BCUT2D eigenvalue weighted by molar-refractivity contribution is -0.140. The highest BCUT2D eigenvalue weighted by Crippen LogP contribution is 2.42. The Morgan fingerprint density at radius 3 is 2.56 bits per heavy atom. The van der Waals surface area contributed by atoms with Crippen LogP contribution in [0.4, 0.5) is 0 Å². The van der Waals surface area contributed by atoms with Crippen molar-refractivity contribution < 1.29 is 33.6 Å². The molecule has 5 rings (SSSR count). The van der Waals surface area contributed by atoms with E-state index in [0.717, 1.165) is 31.4 Å². The van der Waals surface area contributed by atoms with E-state index in [2.05, 4.69) is 6.92 Å². The van der Waals surface area contributed by atoms with Crippen molar-refractivity contribution in [3.8, 4) is 17.2 Å². The molecular weight excluding hydrogens is 462 g/mol. The van der Waals surface area contributed by atoms with E-state index in [0.29, 0.717) is 49.1 Å². The van der Waals surface area contributed by atoms with Gasteiger partial charge in [-0.2, -0.15) is 0 Å². The third-order valence-electron chi connectivity index (χ3n) is 6.74. The van der Waals surface area contributed by atoms with Crippen molar-refractivity contribution >= 4 is 17.4 Å². The number of rotatable bonds is 8. The number of fused-ring (bicyclic) bond motifs is 1. The molecule has 0 spiro atoms. The molecule has 2 aromatic carbocycles. The number of carbonyl (C=O) groups excluding carboxylic acids is 2. The molecule has 0 radical (unpaired) electrons. The first kappa shape index (κ1) is 24.2. The highest BCUT2D eigenvalue weighted by atomic mass is 16.6. The number of aliphatic hydroxyl groups is 1. The molecule has 2 saturated heterocycles. The van der Waals surface area contributed by atoms with Gasteiger partial charge in [0, 0.05) is 18.7 Å². The summed E-state index contributed by atoms with van der Waals surface area (Å²) in [5, 5.41) is 11.3. The summed E-state index contributed by atoms with van der Waals surface area (Å²) in [6.45, 7) is 4.49. The minimum Gasteiger partial charge on any atom is -0.507 e. The average Bonchev–Trinajstić information content (AvgIpc) is 3.51. The number of unbranched alkanes of at least 4 members (excludes halogenated alkanes) is 1. The highest BCUT2D eigenvalue weighted by molar-refractivity contribution is 6.46. The van der Waals surface area contributed by atoms with Crippen molar-refractivity contribution in [2.45, 2.75) is 44.8 Å². The van der Waals surface area contributed by atoms with E-state index in [1.54, 1.807) is 18.2 Å². The highest BCUT2D eigenvalue weighted by Gasteiger charge is 2.47. The van der Waals surface area contributed by atoms with Crippen LogP contribution in [0.2, 0.25) is 0 Å². The molecule has 0 aliphatic carbocycles. The lowest BCUT2D eigenvalue weighted by Crippen LogP contribution is -2.36. The van der Waals surface area contributed by atoms with Gasteiger partial charge in [0.15, 0.2) is 11.5 Å².